The van der Waals surface area contributed by atoms with Crippen molar-refractivity contribution in [2.75, 3.05) is 11.6 Å². The Morgan fingerprint density at radius 3 is 2.78 bits per heavy atom. The van der Waals surface area contributed by atoms with Crippen molar-refractivity contribution in [3.8, 4) is 0 Å². The highest BCUT2D eigenvalue weighted by Crippen LogP contribution is 2.29. The fourth-order valence-corrected chi connectivity index (χ4v) is 2.27. The third-order valence-corrected chi connectivity index (χ3v) is 3.24. The molecule has 0 amide bonds. The van der Waals surface area contributed by atoms with Gasteiger partial charge in [-0.15, -0.1) is 11.8 Å². The average molecular weight is 257 g/mol. The van der Waals surface area contributed by atoms with E-state index < -0.39 is 0 Å². The first-order chi connectivity index (χ1) is 8.88. The molecule has 2 heterocycles. The molecule has 3 aromatic rings. The summed E-state index contributed by atoms with van der Waals surface area (Å²) in [5, 5.41) is 12.2. The first-order valence-corrected chi connectivity index (χ1v) is 6.66. The zero-order chi connectivity index (χ0) is 12.4. The summed E-state index contributed by atoms with van der Waals surface area (Å²) in [6.45, 7) is 0. The summed E-state index contributed by atoms with van der Waals surface area (Å²) in [5.41, 5.74) is 1.73. The van der Waals surface area contributed by atoms with E-state index >= 15 is 0 Å². The Morgan fingerprint density at radius 2 is 2.00 bits per heavy atom. The van der Waals surface area contributed by atoms with Crippen molar-refractivity contribution >= 4 is 34.3 Å². The maximum Gasteiger partial charge on any atom is 0.161 e. The molecule has 2 N–H and O–H groups in total. The molecule has 90 valence electrons. The molecule has 0 unspecified atom stereocenters. The van der Waals surface area contributed by atoms with Gasteiger partial charge in [0.1, 0.15) is 17.2 Å². The summed E-state index contributed by atoms with van der Waals surface area (Å²) >= 11 is 1.57. The van der Waals surface area contributed by atoms with E-state index in [4.69, 9.17) is 0 Å². The lowest BCUT2D eigenvalue weighted by atomic mass is 10.3. The van der Waals surface area contributed by atoms with Crippen molar-refractivity contribution in [2.24, 2.45) is 0 Å². The smallest absolute Gasteiger partial charge is 0.161 e. The number of nitrogens with one attached hydrogen (secondary N) is 2. The molecular weight excluding hydrogens is 246 g/mol. The van der Waals surface area contributed by atoms with Gasteiger partial charge in [0.05, 0.1) is 5.39 Å². The minimum atomic E-state index is 0.743. The lowest BCUT2D eigenvalue weighted by Crippen LogP contribution is -1.95. The predicted octanol–water partition coefficient (Wildman–Crippen LogP) is 2.82. The topological polar surface area (TPSA) is 66.5 Å². The van der Waals surface area contributed by atoms with Gasteiger partial charge in [-0.2, -0.15) is 5.10 Å². The van der Waals surface area contributed by atoms with Gasteiger partial charge in [0.25, 0.3) is 0 Å². The molecule has 0 bridgehead atoms. The Hall–Kier alpha value is -2.08. The highest BCUT2D eigenvalue weighted by atomic mass is 32.2. The Balaban J connectivity index is 2.09. The summed E-state index contributed by atoms with van der Waals surface area (Å²) in [4.78, 5) is 8.46. The fraction of sp³-hybridized carbons (Fsp3) is 0.0833. The van der Waals surface area contributed by atoms with Crippen LogP contribution in [0.1, 0.15) is 0 Å². The Kier molecular flexibility index (Phi) is 2.85. The Morgan fingerprint density at radius 1 is 1.17 bits per heavy atom. The van der Waals surface area contributed by atoms with Gasteiger partial charge >= 0.3 is 0 Å². The number of aromatic nitrogens is 4. The molecular formula is C12H11N5S. The average Bonchev–Trinajstić information content (AvgIpc) is 2.84. The van der Waals surface area contributed by atoms with E-state index in [0.29, 0.717) is 0 Å². The van der Waals surface area contributed by atoms with Gasteiger partial charge in [0.2, 0.25) is 0 Å². The van der Waals surface area contributed by atoms with Crippen molar-refractivity contribution < 1.29 is 0 Å². The molecule has 18 heavy (non-hydrogen) atoms. The largest absolute Gasteiger partial charge is 0.339 e. The first kappa shape index (κ1) is 11.0. The van der Waals surface area contributed by atoms with Gasteiger partial charge in [-0.1, -0.05) is 18.2 Å². The van der Waals surface area contributed by atoms with Gasteiger partial charge in [-0.05, 0) is 18.4 Å². The molecule has 0 atom stereocenters. The predicted molar refractivity (Wildman–Crippen MR) is 73.2 cm³/mol. The Labute approximate surface area is 108 Å². The number of H-pyrrole nitrogens is 1. The van der Waals surface area contributed by atoms with Crippen LogP contribution < -0.4 is 5.32 Å². The molecule has 0 spiro atoms. The summed E-state index contributed by atoms with van der Waals surface area (Å²) in [6, 6.07) is 9.92. The molecule has 0 aliphatic carbocycles. The van der Waals surface area contributed by atoms with Crippen LogP contribution in [0, 0.1) is 0 Å². The number of aromatic amines is 1. The molecule has 5 nitrogen and oxygen atoms in total. The maximum absolute atomic E-state index is 4.29. The van der Waals surface area contributed by atoms with Gasteiger partial charge in [-0.3, -0.25) is 5.10 Å². The second-order valence-corrected chi connectivity index (χ2v) is 4.46. The summed E-state index contributed by atoms with van der Waals surface area (Å²) in [7, 11) is 0. The van der Waals surface area contributed by atoms with Gasteiger partial charge in [-0.25, -0.2) is 9.97 Å². The summed E-state index contributed by atoms with van der Waals surface area (Å²) in [6.07, 6.45) is 3.50. The van der Waals surface area contributed by atoms with Crippen LogP contribution in [0.25, 0.3) is 11.0 Å². The summed E-state index contributed by atoms with van der Waals surface area (Å²) in [5.74, 6) is 0.768. The molecule has 1 aromatic carbocycles. The SMILES string of the molecule is CSc1n[nH]c2ncnc(Nc3ccccc3)c12. The van der Waals surface area contributed by atoms with E-state index in [0.717, 1.165) is 27.6 Å². The third-order valence-electron chi connectivity index (χ3n) is 2.55. The third kappa shape index (κ3) is 1.91. The molecule has 0 radical (unpaired) electrons. The minimum Gasteiger partial charge on any atom is -0.339 e. The van der Waals surface area contributed by atoms with Crippen LogP contribution in [0.5, 0.6) is 0 Å². The van der Waals surface area contributed by atoms with Crippen molar-refractivity contribution in [3.63, 3.8) is 0 Å². The maximum atomic E-state index is 4.29. The van der Waals surface area contributed by atoms with E-state index in [1.165, 1.54) is 6.33 Å². The second kappa shape index (κ2) is 4.66. The van der Waals surface area contributed by atoms with Gasteiger partial charge in [0.15, 0.2) is 5.65 Å². The van der Waals surface area contributed by atoms with E-state index in [-0.39, 0.29) is 0 Å². The number of anilines is 2. The highest BCUT2D eigenvalue weighted by Gasteiger charge is 2.11. The quantitative estimate of drug-likeness (QED) is 0.706. The lowest BCUT2D eigenvalue weighted by Gasteiger charge is -2.06. The highest BCUT2D eigenvalue weighted by molar-refractivity contribution is 7.98. The minimum absolute atomic E-state index is 0.743. The molecule has 0 saturated carbocycles. The van der Waals surface area contributed by atoms with E-state index in [1.807, 2.05) is 36.6 Å². The normalized spacial score (nSPS) is 10.7. The molecule has 0 aliphatic heterocycles. The zero-order valence-corrected chi connectivity index (χ0v) is 10.5. The zero-order valence-electron chi connectivity index (χ0n) is 9.71. The standard InChI is InChI=1S/C12H11N5S/c1-18-12-9-10(13-7-14-11(9)16-17-12)15-8-5-3-2-4-6-8/h2-7H,1H3,(H2,13,14,15,16,17). The first-order valence-electron chi connectivity index (χ1n) is 5.43. The molecule has 6 heteroatoms. The van der Waals surface area contributed by atoms with Crippen LogP contribution in [0.15, 0.2) is 41.7 Å². The number of nitrogens with zero attached hydrogens (tertiary/aromatic N) is 3. The summed E-state index contributed by atoms with van der Waals surface area (Å²) < 4.78 is 0. The van der Waals surface area contributed by atoms with Gasteiger partial charge < -0.3 is 5.32 Å². The van der Waals surface area contributed by atoms with E-state index in [1.54, 1.807) is 11.8 Å². The second-order valence-electron chi connectivity index (χ2n) is 3.67. The van der Waals surface area contributed by atoms with Crippen LogP contribution >= 0.6 is 11.8 Å². The molecule has 0 fully saturated rings. The molecule has 2 aromatic heterocycles. The van der Waals surface area contributed by atoms with Crippen LogP contribution in [0.2, 0.25) is 0 Å². The Bertz CT molecular complexity index is 665. The van der Waals surface area contributed by atoms with E-state index in [2.05, 4.69) is 25.5 Å². The van der Waals surface area contributed by atoms with Crippen molar-refractivity contribution in [1.29, 1.82) is 0 Å². The van der Waals surface area contributed by atoms with Crippen LogP contribution in [-0.2, 0) is 0 Å². The monoisotopic (exact) mass is 257 g/mol. The van der Waals surface area contributed by atoms with Crippen LogP contribution in [0.3, 0.4) is 0 Å². The van der Waals surface area contributed by atoms with E-state index in [9.17, 15) is 0 Å². The number of hydrogen-bond acceptors (Lipinski definition) is 5. The lowest BCUT2D eigenvalue weighted by molar-refractivity contribution is 1.02. The number of rotatable bonds is 3. The fourth-order valence-electron chi connectivity index (χ4n) is 1.73. The van der Waals surface area contributed by atoms with Crippen LogP contribution in [-0.4, -0.2) is 26.4 Å². The van der Waals surface area contributed by atoms with Crippen molar-refractivity contribution in [2.45, 2.75) is 5.03 Å². The molecule has 0 saturated heterocycles. The molecule has 0 aliphatic rings. The number of thioether (sulfide) groups is 1. The number of benzene rings is 1. The van der Waals surface area contributed by atoms with Crippen LogP contribution in [0.4, 0.5) is 11.5 Å². The van der Waals surface area contributed by atoms with Crippen molar-refractivity contribution in [1.82, 2.24) is 20.2 Å². The number of hydrogen-bond donors (Lipinski definition) is 2. The number of para-hydroxylation sites is 1. The van der Waals surface area contributed by atoms with Gasteiger partial charge in [0, 0.05) is 5.69 Å². The number of fused-ring (bicyclic) bond motifs is 1. The molecule has 3 rings (SSSR count). The van der Waals surface area contributed by atoms with Crippen molar-refractivity contribution in [3.05, 3.63) is 36.7 Å².